The lowest BCUT2D eigenvalue weighted by Crippen LogP contribution is -2.46. The molecule has 0 aliphatic rings. The van der Waals surface area contributed by atoms with Crippen LogP contribution in [0.4, 0.5) is 0 Å². The molecule has 0 heterocycles. The molecule has 0 rings (SSSR count). The van der Waals surface area contributed by atoms with Crippen molar-refractivity contribution < 1.29 is 28.7 Å². The largest absolute Gasteiger partial charge is 0.358 e. The first kappa shape index (κ1) is 12.2. The first-order valence-electron chi connectivity index (χ1n) is 2.66. The van der Waals surface area contributed by atoms with Crippen molar-refractivity contribution in [1.82, 2.24) is 0 Å². The summed E-state index contributed by atoms with van der Waals surface area (Å²) in [6, 6.07) is 0. The van der Waals surface area contributed by atoms with E-state index in [0.717, 1.165) is 0 Å². The predicted molar refractivity (Wildman–Crippen MR) is 40.1 cm³/mol. The fraction of sp³-hybridized carbons (Fsp3) is 1.00. The van der Waals surface area contributed by atoms with Gasteiger partial charge in [0.25, 0.3) is 0 Å². The molecule has 0 saturated carbocycles. The van der Waals surface area contributed by atoms with Gasteiger partial charge in [0.1, 0.15) is 0 Å². The summed E-state index contributed by atoms with van der Waals surface area (Å²) in [5.74, 6) is 0. The summed E-state index contributed by atoms with van der Waals surface area (Å²) in [6.45, 7) is -0.998. The van der Waals surface area contributed by atoms with Crippen LogP contribution in [-0.4, -0.2) is 31.1 Å². The van der Waals surface area contributed by atoms with Gasteiger partial charge in [-0.25, -0.2) is 0 Å². The molecule has 0 atom stereocenters. The standard InChI is InChI=1S/C2H10N2O6P2/c3-1-2(4,11(5,6)7)12(8,9)10/h1,3-4H2,(H2,5,6,7)(H2,8,9,10). The third-order valence-corrected chi connectivity index (χ3v) is 5.26. The van der Waals surface area contributed by atoms with Crippen LogP contribution in [0.25, 0.3) is 0 Å². The second-order valence-electron chi connectivity index (χ2n) is 2.17. The minimum atomic E-state index is -5.12. The van der Waals surface area contributed by atoms with Crippen LogP contribution in [0.5, 0.6) is 0 Å². The van der Waals surface area contributed by atoms with Crippen LogP contribution in [-0.2, 0) is 9.13 Å². The first-order chi connectivity index (χ1) is 5.06. The zero-order valence-corrected chi connectivity index (χ0v) is 7.65. The Labute approximate surface area is 67.9 Å². The summed E-state index contributed by atoms with van der Waals surface area (Å²) in [4.78, 5) is 33.9. The summed E-state index contributed by atoms with van der Waals surface area (Å²) < 4.78 is 21.1. The van der Waals surface area contributed by atoms with Crippen molar-refractivity contribution in [1.29, 1.82) is 0 Å². The van der Waals surface area contributed by atoms with Gasteiger partial charge in [-0.2, -0.15) is 0 Å². The molecular formula is C2H10N2O6P2. The molecule has 0 unspecified atom stereocenters. The SMILES string of the molecule is NCC(N)(P(=O)(O)O)P(=O)(O)O. The van der Waals surface area contributed by atoms with Crippen LogP contribution < -0.4 is 11.5 Å². The van der Waals surface area contributed by atoms with Gasteiger partial charge in [-0.1, -0.05) is 0 Å². The van der Waals surface area contributed by atoms with Crippen molar-refractivity contribution in [2.45, 2.75) is 5.02 Å². The summed E-state index contributed by atoms with van der Waals surface area (Å²) in [6.07, 6.45) is 0. The van der Waals surface area contributed by atoms with Crippen LogP contribution in [0.3, 0.4) is 0 Å². The molecule has 74 valence electrons. The summed E-state index contributed by atoms with van der Waals surface area (Å²) >= 11 is 0. The number of nitrogens with two attached hydrogens (primary N) is 2. The summed E-state index contributed by atoms with van der Waals surface area (Å²) in [7, 11) is -10.2. The Bertz CT molecular complexity index is 230. The maximum absolute atomic E-state index is 10.5. The minimum Gasteiger partial charge on any atom is -0.328 e. The highest BCUT2D eigenvalue weighted by Gasteiger charge is 2.56. The highest BCUT2D eigenvalue weighted by atomic mass is 31.2. The fourth-order valence-corrected chi connectivity index (χ4v) is 2.24. The Hall–Kier alpha value is 0.220. The van der Waals surface area contributed by atoms with E-state index in [1.165, 1.54) is 0 Å². The molecule has 0 aromatic carbocycles. The lowest BCUT2D eigenvalue weighted by atomic mass is 10.7. The van der Waals surface area contributed by atoms with E-state index in [-0.39, 0.29) is 0 Å². The molecule has 0 fully saturated rings. The minimum absolute atomic E-state index is 0.998. The van der Waals surface area contributed by atoms with Crippen molar-refractivity contribution in [2.24, 2.45) is 11.5 Å². The molecule has 0 aromatic heterocycles. The van der Waals surface area contributed by atoms with Gasteiger partial charge in [0.15, 0.2) is 0 Å². The van der Waals surface area contributed by atoms with E-state index < -0.39 is 26.8 Å². The number of rotatable bonds is 3. The zero-order valence-electron chi connectivity index (χ0n) is 5.86. The number of hydrogen-bond acceptors (Lipinski definition) is 4. The van der Waals surface area contributed by atoms with E-state index in [1.807, 2.05) is 0 Å². The van der Waals surface area contributed by atoms with E-state index in [9.17, 15) is 9.13 Å². The molecule has 0 aliphatic carbocycles. The molecule has 8 nitrogen and oxygen atoms in total. The van der Waals surface area contributed by atoms with Gasteiger partial charge in [-0.05, 0) is 0 Å². The van der Waals surface area contributed by atoms with Crippen LogP contribution in [0, 0.1) is 0 Å². The zero-order chi connectivity index (χ0) is 10.2. The molecule has 0 aliphatic heterocycles. The first-order valence-corrected chi connectivity index (χ1v) is 5.89. The monoisotopic (exact) mass is 220 g/mol. The highest BCUT2D eigenvalue weighted by Crippen LogP contribution is 2.65. The maximum Gasteiger partial charge on any atom is 0.358 e. The molecule has 12 heavy (non-hydrogen) atoms. The lowest BCUT2D eigenvalue weighted by Gasteiger charge is -2.28. The molecule has 0 aromatic rings. The van der Waals surface area contributed by atoms with Crippen LogP contribution in [0.1, 0.15) is 0 Å². The fourth-order valence-electron chi connectivity index (χ4n) is 0.408. The third kappa shape index (κ3) is 1.93. The van der Waals surface area contributed by atoms with E-state index in [0.29, 0.717) is 0 Å². The molecule has 0 spiro atoms. The molecule has 10 heteroatoms. The topological polar surface area (TPSA) is 167 Å². The molecular weight excluding hydrogens is 210 g/mol. The van der Waals surface area contributed by atoms with Crippen molar-refractivity contribution in [3.8, 4) is 0 Å². The Balaban J connectivity index is 5.25. The number of hydrogen-bond donors (Lipinski definition) is 6. The Morgan fingerprint density at radius 2 is 1.33 bits per heavy atom. The van der Waals surface area contributed by atoms with E-state index in [4.69, 9.17) is 31.0 Å². The summed E-state index contributed by atoms with van der Waals surface area (Å²) in [5.41, 5.74) is 9.57. The van der Waals surface area contributed by atoms with Gasteiger partial charge >= 0.3 is 15.2 Å². The van der Waals surface area contributed by atoms with Crippen LogP contribution in [0.2, 0.25) is 0 Å². The molecule has 0 amide bonds. The van der Waals surface area contributed by atoms with Gasteiger partial charge < -0.3 is 31.0 Å². The average molecular weight is 220 g/mol. The quantitative estimate of drug-likeness (QED) is 0.294. The van der Waals surface area contributed by atoms with E-state index in [2.05, 4.69) is 0 Å². The smallest absolute Gasteiger partial charge is 0.328 e. The van der Waals surface area contributed by atoms with Gasteiger partial charge in [-0.3, -0.25) is 9.13 Å². The predicted octanol–water partition coefficient (Wildman–Crippen LogP) is -2.09. The van der Waals surface area contributed by atoms with Gasteiger partial charge in [-0.15, -0.1) is 0 Å². The Kier molecular flexibility index (Phi) is 3.23. The molecule has 0 saturated heterocycles. The van der Waals surface area contributed by atoms with E-state index in [1.54, 1.807) is 0 Å². The third-order valence-electron chi connectivity index (χ3n) is 1.31. The van der Waals surface area contributed by atoms with Crippen LogP contribution >= 0.6 is 15.2 Å². The second-order valence-corrected chi connectivity index (χ2v) is 6.30. The van der Waals surface area contributed by atoms with Crippen molar-refractivity contribution >= 4 is 15.2 Å². The second kappa shape index (κ2) is 3.17. The average Bonchev–Trinajstić information content (AvgIpc) is 1.81. The normalized spacial score (nSPS) is 14.8. The lowest BCUT2D eigenvalue weighted by molar-refractivity contribution is 0.310. The van der Waals surface area contributed by atoms with Gasteiger partial charge in [0.2, 0.25) is 5.02 Å². The Morgan fingerprint density at radius 1 is 1.08 bits per heavy atom. The molecule has 0 bridgehead atoms. The Morgan fingerprint density at radius 3 is 1.33 bits per heavy atom. The van der Waals surface area contributed by atoms with Crippen LogP contribution in [0.15, 0.2) is 0 Å². The van der Waals surface area contributed by atoms with Crippen molar-refractivity contribution in [2.75, 3.05) is 6.54 Å². The molecule has 0 radical (unpaired) electrons. The maximum atomic E-state index is 10.5. The van der Waals surface area contributed by atoms with E-state index >= 15 is 0 Å². The van der Waals surface area contributed by atoms with Gasteiger partial charge in [0, 0.05) is 6.54 Å². The molecule has 8 N–H and O–H groups in total. The highest BCUT2D eigenvalue weighted by molar-refractivity contribution is 7.72. The van der Waals surface area contributed by atoms with Crippen molar-refractivity contribution in [3.63, 3.8) is 0 Å². The summed E-state index contributed by atoms with van der Waals surface area (Å²) in [5, 5.41) is -2.97. The van der Waals surface area contributed by atoms with Crippen molar-refractivity contribution in [3.05, 3.63) is 0 Å². The van der Waals surface area contributed by atoms with Gasteiger partial charge in [0.05, 0.1) is 0 Å².